The summed E-state index contributed by atoms with van der Waals surface area (Å²) in [5.74, 6) is -0.662. The van der Waals surface area contributed by atoms with E-state index in [0.29, 0.717) is 5.56 Å². The van der Waals surface area contributed by atoms with Crippen LogP contribution < -0.4 is 10.4 Å². The maximum absolute atomic E-state index is 13.2. The molecule has 9 heteroatoms. The Bertz CT molecular complexity index is 1310. The van der Waals surface area contributed by atoms with E-state index in [1.54, 1.807) is 30.3 Å². The lowest BCUT2D eigenvalue weighted by atomic mass is 9.89. The Hall–Kier alpha value is -2.64. The van der Waals surface area contributed by atoms with Crippen molar-refractivity contribution in [2.75, 3.05) is 13.2 Å². The molecule has 4 atom stereocenters. The molecule has 0 aliphatic heterocycles. The average molecular weight is 653 g/mol. The minimum Gasteiger partial charge on any atom is -0.453 e. The molecule has 3 aromatic carbocycles. The molecule has 0 spiro atoms. The summed E-state index contributed by atoms with van der Waals surface area (Å²) in [5, 5.41) is 36.4. The summed E-state index contributed by atoms with van der Waals surface area (Å²) in [6.07, 6.45) is -4.52. The van der Waals surface area contributed by atoms with Gasteiger partial charge in [0.15, 0.2) is 14.4 Å². The molecule has 3 N–H and O–H groups in total. The van der Waals surface area contributed by atoms with Gasteiger partial charge in [0.05, 0.1) is 18.8 Å². The largest absolute Gasteiger partial charge is 0.453 e. The van der Waals surface area contributed by atoms with Gasteiger partial charge in [-0.3, -0.25) is 0 Å². The van der Waals surface area contributed by atoms with Crippen LogP contribution in [0, 0.1) is 0 Å². The van der Waals surface area contributed by atoms with Gasteiger partial charge in [0.2, 0.25) is 0 Å². The number of aliphatic hydroxyl groups excluding tert-OH is 2. The Morgan fingerprint density at radius 3 is 1.56 bits per heavy atom. The zero-order valence-corrected chi connectivity index (χ0v) is 30.3. The summed E-state index contributed by atoms with van der Waals surface area (Å²) in [6.45, 7) is 17.7. The van der Waals surface area contributed by atoms with Gasteiger partial charge in [-0.05, 0) is 52.6 Å². The third kappa shape index (κ3) is 8.40. The van der Waals surface area contributed by atoms with Crippen LogP contribution in [0.2, 0.25) is 23.2 Å². The van der Waals surface area contributed by atoms with Crippen molar-refractivity contribution in [3.8, 4) is 0 Å². The number of benzene rings is 3. The van der Waals surface area contributed by atoms with Gasteiger partial charge in [-0.2, -0.15) is 0 Å². The van der Waals surface area contributed by atoms with E-state index in [0.717, 1.165) is 10.4 Å². The smallest absolute Gasteiger partial charge is 0.338 e. The summed E-state index contributed by atoms with van der Waals surface area (Å²) < 4.78 is 19.0. The summed E-state index contributed by atoms with van der Waals surface area (Å²) in [5.41, 5.74) is -1.78. The van der Waals surface area contributed by atoms with E-state index in [9.17, 15) is 20.1 Å². The van der Waals surface area contributed by atoms with Crippen LogP contribution in [0.3, 0.4) is 0 Å². The fourth-order valence-electron chi connectivity index (χ4n) is 5.24. The van der Waals surface area contributed by atoms with E-state index in [4.69, 9.17) is 13.6 Å². The number of rotatable bonds is 13. The Morgan fingerprint density at radius 1 is 0.689 bits per heavy atom. The quantitative estimate of drug-likeness (QED) is 0.170. The minimum atomic E-state index is -3.03. The number of carbonyl (C=O) groups is 1. The van der Waals surface area contributed by atoms with E-state index in [1.165, 1.54) is 6.92 Å². The van der Waals surface area contributed by atoms with E-state index >= 15 is 0 Å². The molecule has 0 unspecified atom stereocenters. The lowest BCUT2D eigenvalue weighted by Gasteiger charge is -2.45. The van der Waals surface area contributed by atoms with Crippen molar-refractivity contribution >= 4 is 33.0 Å². The number of ether oxygens (including phenoxy) is 1. The van der Waals surface area contributed by atoms with E-state index in [-0.39, 0.29) is 23.3 Å². The maximum atomic E-state index is 13.2. The molecule has 0 fully saturated rings. The van der Waals surface area contributed by atoms with Gasteiger partial charge in [-0.15, -0.1) is 0 Å². The zero-order chi connectivity index (χ0) is 33.7. The summed E-state index contributed by atoms with van der Waals surface area (Å²) in [6, 6.07) is 28.4. The molecular formula is C36H52O7Si2. The van der Waals surface area contributed by atoms with Crippen molar-refractivity contribution in [1.82, 2.24) is 0 Å². The lowest BCUT2D eigenvalue weighted by molar-refractivity contribution is -0.179. The number of aliphatic hydroxyl groups is 3. The zero-order valence-electron chi connectivity index (χ0n) is 28.3. The molecule has 0 saturated carbocycles. The third-order valence-corrected chi connectivity index (χ3v) is 18.7. The van der Waals surface area contributed by atoms with Crippen molar-refractivity contribution in [3.63, 3.8) is 0 Å². The molecule has 3 aromatic rings. The second-order valence-corrected chi connectivity index (χ2v) is 23.7. The van der Waals surface area contributed by atoms with Crippen molar-refractivity contribution in [3.05, 3.63) is 96.6 Å². The first-order chi connectivity index (χ1) is 20.8. The van der Waals surface area contributed by atoms with Crippen molar-refractivity contribution < 1.29 is 33.7 Å². The molecule has 0 amide bonds. The SMILES string of the molecule is CC(C)(C)[Si](C)(C)OC[C@H](OC(=O)c1ccccc1)[C@](C)(O)[C@@H](O)[C@@H](O)CO[Si](c1ccccc1)(c1ccccc1)C(C)(C)C. The molecule has 0 saturated heterocycles. The van der Waals surface area contributed by atoms with Crippen LogP contribution in [0.1, 0.15) is 58.8 Å². The maximum Gasteiger partial charge on any atom is 0.338 e. The van der Waals surface area contributed by atoms with Gasteiger partial charge in [0.25, 0.3) is 8.32 Å². The highest BCUT2D eigenvalue weighted by Crippen LogP contribution is 2.38. The van der Waals surface area contributed by atoms with Crippen molar-refractivity contribution in [1.29, 1.82) is 0 Å². The van der Waals surface area contributed by atoms with Crippen LogP contribution in [-0.2, 0) is 13.6 Å². The van der Waals surface area contributed by atoms with Crippen LogP contribution in [0.25, 0.3) is 0 Å². The molecule has 0 aromatic heterocycles. The highest BCUT2D eigenvalue weighted by Gasteiger charge is 2.52. The molecule has 0 aliphatic carbocycles. The Kier molecular flexibility index (Phi) is 11.8. The van der Waals surface area contributed by atoms with Gasteiger partial charge in [-0.25, -0.2) is 4.79 Å². The summed E-state index contributed by atoms with van der Waals surface area (Å²) >= 11 is 0. The molecule has 3 rings (SSSR count). The standard InChI is InChI=1S/C36H52O7Si2/c1-34(2,3)44(8,9)41-26-31(43-33(39)27-19-13-10-14-20-27)36(7,40)32(38)30(37)25-42-45(35(4,5)6,28-21-15-11-16-22-28)29-23-17-12-18-24-29/h10-24,30-32,37-38,40H,25-26H2,1-9H3/t30-,31-,32-,36-/m0/s1. The van der Waals surface area contributed by atoms with Crippen molar-refractivity contribution in [2.24, 2.45) is 0 Å². The minimum absolute atomic E-state index is 0.144. The first kappa shape index (κ1) is 36.8. The van der Waals surface area contributed by atoms with Crippen LogP contribution in [0.15, 0.2) is 91.0 Å². The molecule has 45 heavy (non-hydrogen) atoms. The molecular weight excluding hydrogens is 601 g/mol. The van der Waals surface area contributed by atoms with Gasteiger partial charge >= 0.3 is 5.97 Å². The van der Waals surface area contributed by atoms with Gasteiger partial charge in [0.1, 0.15) is 17.8 Å². The predicted octanol–water partition coefficient (Wildman–Crippen LogP) is 5.28. The molecule has 0 aliphatic rings. The number of esters is 1. The molecule has 0 bridgehead atoms. The van der Waals surface area contributed by atoms with E-state index < -0.39 is 46.5 Å². The Labute approximate surface area is 271 Å². The highest BCUT2D eigenvalue weighted by molar-refractivity contribution is 6.99. The van der Waals surface area contributed by atoms with Gasteiger partial charge < -0.3 is 28.9 Å². The monoisotopic (exact) mass is 652 g/mol. The molecule has 0 radical (unpaired) electrons. The first-order valence-corrected chi connectivity index (χ1v) is 20.4. The Balaban J connectivity index is 1.94. The second-order valence-electron chi connectivity index (χ2n) is 14.5. The molecule has 246 valence electrons. The van der Waals surface area contributed by atoms with Crippen LogP contribution >= 0.6 is 0 Å². The number of carbonyl (C=O) groups excluding carboxylic acids is 1. The Morgan fingerprint density at radius 2 is 1.13 bits per heavy atom. The lowest BCUT2D eigenvalue weighted by Crippen LogP contribution is -2.68. The van der Waals surface area contributed by atoms with Crippen molar-refractivity contribution in [2.45, 2.75) is 95.5 Å². The van der Waals surface area contributed by atoms with Crippen LogP contribution in [-0.4, -0.2) is 75.1 Å². The predicted molar refractivity (Wildman–Crippen MR) is 185 cm³/mol. The van der Waals surface area contributed by atoms with Gasteiger partial charge in [0, 0.05) is 0 Å². The molecule has 7 nitrogen and oxygen atoms in total. The van der Waals surface area contributed by atoms with Crippen LogP contribution in [0.5, 0.6) is 0 Å². The van der Waals surface area contributed by atoms with E-state index in [1.807, 2.05) is 60.7 Å². The molecule has 0 heterocycles. The second kappa shape index (κ2) is 14.4. The third-order valence-electron chi connectivity index (χ3n) is 9.16. The normalized spacial score (nSPS) is 16.4. The highest BCUT2D eigenvalue weighted by atomic mass is 28.4. The average Bonchev–Trinajstić information content (AvgIpc) is 2.99. The number of hydrogen-bond donors (Lipinski definition) is 3. The first-order valence-electron chi connectivity index (χ1n) is 15.6. The topological polar surface area (TPSA) is 105 Å². The fraction of sp³-hybridized carbons (Fsp3) is 0.472. The fourth-order valence-corrected chi connectivity index (χ4v) is 10.8. The summed E-state index contributed by atoms with van der Waals surface area (Å²) in [4.78, 5) is 13.2. The van der Waals surface area contributed by atoms with E-state index in [2.05, 4.69) is 54.6 Å². The van der Waals surface area contributed by atoms with Gasteiger partial charge in [-0.1, -0.05) is 120 Å². The summed E-state index contributed by atoms with van der Waals surface area (Å²) in [7, 11) is -5.37. The van der Waals surface area contributed by atoms with Crippen LogP contribution in [0.4, 0.5) is 0 Å². The number of hydrogen-bond acceptors (Lipinski definition) is 7.